The molecule has 0 N–H and O–H groups in total. The van der Waals surface area contributed by atoms with Crippen LogP contribution in [-0.2, 0) is 10.8 Å². The second-order valence-electron chi connectivity index (χ2n) is 28.9. The largest absolute Gasteiger partial charge is 0.278 e. The molecule has 2 aliphatic heterocycles. The standard InChI is InChI=1S/C99H57N9/c1-4-22-59(23-5-1)92-101-93(60-24-6-2-7-25-60)104-96(103-92)107-84-38-20-14-32-69(84)73-47-45-71-66-30-12-18-36-78(66)98(81-50-52-86(107)90(73)88(71)81)79-37-19-13-31-67(79)75-56-63(44-49-80(75)98)58-40-42-62(43-41-58)95-102-94(61-26-8-3-9-27-61)105-97(106-95)108-85-39-21-15-33-70(85)74-48-46-72-68-54-55-100-57-83(68)99(82-51-53-87(108)91(74)89(72)82)76-34-16-10-28-64(76)65-29-11-17-35-77(65)99/h1-57H. The van der Waals surface area contributed by atoms with Gasteiger partial charge < -0.3 is 0 Å². The number of hydrogen-bond acceptors (Lipinski definition) is 9. The lowest BCUT2D eigenvalue weighted by Gasteiger charge is -2.42. The van der Waals surface area contributed by atoms with Crippen molar-refractivity contribution >= 4 is 56.2 Å². The quantitative estimate of drug-likeness (QED) is 0.155. The Morgan fingerprint density at radius 1 is 0.194 bits per heavy atom. The lowest BCUT2D eigenvalue weighted by molar-refractivity contribution is 0.767. The Bertz CT molecular complexity index is 6850. The van der Waals surface area contributed by atoms with E-state index < -0.39 is 10.8 Å². The fourth-order valence-electron chi connectivity index (χ4n) is 19.5. The molecule has 24 rings (SSSR count). The topological polar surface area (TPSA) is 96.7 Å². The van der Waals surface area contributed by atoms with Crippen molar-refractivity contribution in [1.29, 1.82) is 0 Å². The third kappa shape index (κ3) is 7.84. The molecule has 1 atom stereocenters. The maximum absolute atomic E-state index is 5.59. The SMILES string of the molecule is c1ccc(-c2nc(-c3ccccc3)nc(N3c4ccccc4-c4ccc5c6c(ccc3c46)C3(c4ccccc4-c4cc(-c6ccc(-c7nc(-c8ccccc8)nc(N8c9ccccc9-c9ccc%10c%11c(ccc8c9%11)C8(c9ccccc9-c9ccccc98)c8cnccc8-%10)n7)cc6)ccc43)c3ccccc3-5)n2)cc1. The summed E-state index contributed by atoms with van der Waals surface area (Å²) >= 11 is 0. The summed E-state index contributed by atoms with van der Waals surface area (Å²) in [7, 11) is 0. The lowest BCUT2D eigenvalue weighted by Crippen LogP contribution is -2.32. The van der Waals surface area contributed by atoms with Crippen LogP contribution in [-0.4, -0.2) is 34.9 Å². The number of fused-ring (bicyclic) bond motifs is 22. The van der Waals surface area contributed by atoms with Crippen molar-refractivity contribution in [3.63, 3.8) is 0 Å². The molecule has 0 bridgehead atoms. The highest BCUT2D eigenvalue weighted by Gasteiger charge is 2.53. The first-order chi connectivity index (χ1) is 53.6. The van der Waals surface area contributed by atoms with Gasteiger partial charge in [-0.25, -0.2) is 9.97 Å². The highest BCUT2D eigenvalue weighted by molar-refractivity contribution is 6.22. The van der Waals surface area contributed by atoms with Gasteiger partial charge in [-0.3, -0.25) is 14.8 Å². The van der Waals surface area contributed by atoms with Gasteiger partial charge >= 0.3 is 0 Å². The van der Waals surface area contributed by atoms with Gasteiger partial charge in [0.2, 0.25) is 11.9 Å². The number of pyridine rings is 1. The molecule has 0 radical (unpaired) electrons. The summed E-state index contributed by atoms with van der Waals surface area (Å²) in [5.74, 6) is 3.47. The number of hydrogen-bond donors (Lipinski definition) is 0. The second kappa shape index (κ2) is 22.1. The Morgan fingerprint density at radius 2 is 0.519 bits per heavy atom. The summed E-state index contributed by atoms with van der Waals surface area (Å²) in [4.78, 5) is 41.8. The molecule has 9 nitrogen and oxygen atoms in total. The minimum Gasteiger partial charge on any atom is -0.278 e. The number of aromatic nitrogens is 7. The Labute approximate surface area is 621 Å². The van der Waals surface area contributed by atoms with E-state index in [0.717, 1.165) is 78.0 Å². The molecule has 108 heavy (non-hydrogen) atoms. The van der Waals surface area contributed by atoms with Crippen LogP contribution < -0.4 is 9.80 Å². The van der Waals surface area contributed by atoms with E-state index in [-0.39, 0.29) is 0 Å². The van der Waals surface area contributed by atoms with Gasteiger partial charge in [0.1, 0.15) is 0 Å². The molecule has 1 unspecified atom stereocenters. The number of benzene rings is 15. The highest BCUT2D eigenvalue weighted by atomic mass is 15.3. The maximum atomic E-state index is 5.59. The monoisotopic (exact) mass is 1370 g/mol. The lowest BCUT2D eigenvalue weighted by atomic mass is 9.61. The third-order valence-electron chi connectivity index (χ3n) is 23.8. The first-order valence-corrected chi connectivity index (χ1v) is 36.9. The van der Waals surface area contributed by atoms with Crippen molar-refractivity contribution in [2.45, 2.75) is 10.8 Å². The maximum Gasteiger partial charge on any atom is 0.238 e. The molecule has 0 saturated carbocycles. The molecule has 18 aromatic rings. The first kappa shape index (κ1) is 59.0. The molecular formula is C99H57N9. The van der Waals surface area contributed by atoms with Crippen molar-refractivity contribution in [2.24, 2.45) is 0 Å². The summed E-state index contributed by atoms with van der Waals surface area (Å²) in [6, 6.07) is 121. The van der Waals surface area contributed by atoms with E-state index in [1.54, 1.807) is 0 Å². The van der Waals surface area contributed by atoms with Crippen LogP contribution in [0.4, 0.5) is 34.6 Å². The van der Waals surface area contributed by atoms with E-state index in [4.69, 9.17) is 34.9 Å². The molecule has 0 fully saturated rings. The van der Waals surface area contributed by atoms with E-state index in [0.29, 0.717) is 35.2 Å². The smallest absolute Gasteiger partial charge is 0.238 e. The normalized spacial score (nSPS) is 14.7. The predicted molar refractivity (Wildman–Crippen MR) is 433 cm³/mol. The summed E-state index contributed by atoms with van der Waals surface area (Å²) < 4.78 is 0. The molecule has 15 aromatic carbocycles. The van der Waals surface area contributed by atoms with Gasteiger partial charge in [0.05, 0.1) is 33.6 Å². The molecule has 9 heteroatoms. The molecule has 5 heterocycles. The molecule has 6 aliphatic rings. The van der Waals surface area contributed by atoms with Crippen molar-refractivity contribution < 1.29 is 0 Å². The van der Waals surface area contributed by atoms with Crippen molar-refractivity contribution in [1.82, 2.24) is 34.9 Å². The van der Waals surface area contributed by atoms with Crippen LogP contribution >= 0.6 is 0 Å². The van der Waals surface area contributed by atoms with E-state index in [1.165, 1.54) is 111 Å². The summed E-state index contributed by atoms with van der Waals surface area (Å²) in [6.45, 7) is 0. The molecule has 3 aromatic heterocycles. The van der Waals surface area contributed by atoms with E-state index in [9.17, 15) is 0 Å². The van der Waals surface area contributed by atoms with Crippen LogP contribution in [0.15, 0.2) is 346 Å². The average molecular weight is 1370 g/mol. The number of para-hydroxylation sites is 2. The minimum atomic E-state index is -0.680. The van der Waals surface area contributed by atoms with Crippen molar-refractivity contribution in [2.75, 3.05) is 9.80 Å². The van der Waals surface area contributed by atoms with Gasteiger partial charge in [-0.1, -0.05) is 297 Å². The van der Waals surface area contributed by atoms with Gasteiger partial charge in [-0.15, -0.1) is 0 Å². The Hall–Kier alpha value is -14.4. The van der Waals surface area contributed by atoms with Crippen molar-refractivity contribution in [3.05, 3.63) is 391 Å². The highest BCUT2D eigenvalue weighted by Crippen LogP contribution is 2.67. The Balaban J connectivity index is 0.651. The van der Waals surface area contributed by atoms with E-state index >= 15 is 0 Å². The predicted octanol–water partition coefficient (Wildman–Crippen LogP) is 23.7. The van der Waals surface area contributed by atoms with E-state index in [1.807, 2.05) is 60.8 Å². The summed E-state index contributed by atoms with van der Waals surface area (Å²) in [5.41, 5.74) is 32.8. The van der Waals surface area contributed by atoms with Crippen LogP contribution in [0.25, 0.3) is 145 Å². The second-order valence-corrected chi connectivity index (χ2v) is 28.9. The average Bonchev–Trinajstić information content (AvgIpc) is 1.37. The first-order valence-electron chi connectivity index (χ1n) is 36.9. The third-order valence-corrected chi connectivity index (χ3v) is 23.8. The number of anilines is 6. The zero-order chi connectivity index (χ0) is 70.5. The molecule has 0 saturated heterocycles. The zero-order valence-electron chi connectivity index (χ0n) is 57.9. The Kier molecular flexibility index (Phi) is 12.1. The van der Waals surface area contributed by atoms with Crippen molar-refractivity contribution in [3.8, 4) is 123 Å². The molecule has 2 spiro atoms. The summed E-state index contributed by atoms with van der Waals surface area (Å²) in [6.07, 6.45) is 4.06. The van der Waals surface area contributed by atoms with Gasteiger partial charge in [-0.05, 0) is 158 Å². The van der Waals surface area contributed by atoms with Crippen LogP contribution in [0.1, 0.15) is 44.5 Å². The minimum absolute atomic E-state index is 0.534. The molecule has 4 aliphatic carbocycles. The fraction of sp³-hybridized carbons (Fsp3) is 0.0202. The molecule has 0 amide bonds. The van der Waals surface area contributed by atoms with Crippen LogP contribution in [0.3, 0.4) is 0 Å². The molecule has 498 valence electrons. The zero-order valence-corrected chi connectivity index (χ0v) is 57.9. The number of nitrogens with zero attached hydrogens (tertiary/aromatic N) is 9. The van der Waals surface area contributed by atoms with Gasteiger partial charge in [0, 0.05) is 56.5 Å². The van der Waals surface area contributed by atoms with Gasteiger partial charge in [0.15, 0.2) is 23.3 Å². The summed E-state index contributed by atoms with van der Waals surface area (Å²) in [5, 5.41) is 4.76. The number of rotatable bonds is 7. The van der Waals surface area contributed by atoms with E-state index in [2.05, 4.69) is 295 Å². The Morgan fingerprint density at radius 3 is 0.972 bits per heavy atom. The van der Waals surface area contributed by atoms with Crippen LogP contribution in [0, 0.1) is 0 Å². The van der Waals surface area contributed by atoms with Crippen LogP contribution in [0.2, 0.25) is 0 Å². The van der Waals surface area contributed by atoms with Crippen LogP contribution in [0.5, 0.6) is 0 Å². The fourth-order valence-corrected chi connectivity index (χ4v) is 19.5. The van der Waals surface area contributed by atoms with Gasteiger partial charge in [0.25, 0.3) is 0 Å². The van der Waals surface area contributed by atoms with Gasteiger partial charge in [-0.2, -0.15) is 19.9 Å². The molecular weight excluding hydrogens is 1320 g/mol.